The van der Waals surface area contributed by atoms with Crippen molar-refractivity contribution in [2.45, 2.75) is 63.8 Å². The summed E-state index contributed by atoms with van der Waals surface area (Å²) in [5.41, 5.74) is -5.17. The van der Waals surface area contributed by atoms with E-state index < -0.39 is 52.4 Å². The minimum atomic E-state index is -1.98. The van der Waals surface area contributed by atoms with Crippen LogP contribution < -0.4 is 0 Å². The molecular formula is C22H29FO5. The van der Waals surface area contributed by atoms with Crippen molar-refractivity contribution in [1.82, 2.24) is 0 Å². The van der Waals surface area contributed by atoms with Gasteiger partial charge in [-0.3, -0.25) is 9.59 Å². The Morgan fingerprint density at radius 1 is 1.32 bits per heavy atom. The van der Waals surface area contributed by atoms with E-state index in [-0.39, 0.29) is 18.1 Å². The molecule has 0 amide bonds. The molecule has 3 N–H and O–H groups in total. The molecular weight excluding hydrogens is 363 g/mol. The van der Waals surface area contributed by atoms with Gasteiger partial charge in [0.25, 0.3) is 0 Å². The third-order valence-electron chi connectivity index (χ3n) is 8.79. The van der Waals surface area contributed by atoms with E-state index in [0.29, 0.717) is 24.8 Å². The average molecular weight is 392 g/mol. The van der Waals surface area contributed by atoms with Gasteiger partial charge in [0.2, 0.25) is 0 Å². The number of carbonyl (C=O) groups excluding carboxylic acids is 2. The highest BCUT2D eigenvalue weighted by Crippen LogP contribution is 2.70. The molecule has 0 heterocycles. The summed E-state index contributed by atoms with van der Waals surface area (Å²) in [5.74, 6) is -2.12. The molecule has 0 bridgehead atoms. The van der Waals surface area contributed by atoms with Gasteiger partial charge in [0.05, 0.1) is 6.10 Å². The van der Waals surface area contributed by atoms with Crippen LogP contribution in [0.2, 0.25) is 0 Å². The van der Waals surface area contributed by atoms with Gasteiger partial charge in [-0.25, -0.2) is 4.39 Å². The Hall–Kier alpha value is -1.37. The van der Waals surface area contributed by atoms with E-state index in [1.165, 1.54) is 12.2 Å². The fraction of sp³-hybridized carbons (Fsp3) is 0.727. The molecule has 8 atom stereocenters. The van der Waals surface area contributed by atoms with E-state index in [0.717, 1.165) is 0 Å². The van der Waals surface area contributed by atoms with Crippen LogP contribution in [-0.4, -0.2) is 50.9 Å². The highest BCUT2D eigenvalue weighted by Gasteiger charge is 2.75. The second-order valence-corrected chi connectivity index (χ2v) is 9.75. The molecule has 4 rings (SSSR count). The molecule has 28 heavy (non-hydrogen) atoms. The molecule has 0 saturated heterocycles. The Labute approximate surface area is 164 Å². The average Bonchev–Trinajstić information content (AvgIpc) is 2.84. The minimum Gasteiger partial charge on any atom is -0.390 e. The molecule has 3 fully saturated rings. The van der Waals surface area contributed by atoms with Crippen molar-refractivity contribution in [3.63, 3.8) is 0 Å². The molecule has 0 aromatic heterocycles. The number of aliphatic hydroxyl groups excluding tert-OH is 2. The van der Waals surface area contributed by atoms with E-state index in [1.807, 2.05) is 0 Å². The SMILES string of the molecule is C[C@H]1C[C@@H]2[C@@H]3CCC4=CC(=O)C=C[C@]4(C)[C@]3(F)[C@@H](O)C[C@]2(C)[C@]1(O)C(=O)CO. The highest BCUT2D eigenvalue weighted by molar-refractivity contribution is 6.01. The van der Waals surface area contributed by atoms with E-state index >= 15 is 4.39 Å². The number of Topliss-reactive ketones (excluding diaryl/α,β-unsaturated/α-hetero) is 1. The molecule has 0 radical (unpaired) electrons. The third-order valence-corrected chi connectivity index (χ3v) is 8.79. The predicted molar refractivity (Wildman–Crippen MR) is 99.9 cm³/mol. The topological polar surface area (TPSA) is 94.8 Å². The molecule has 6 heteroatoms. The maximum atomic E-state index is 16.9. The van der Waals surface area contributed by atoms with Crippen LogP contribution in [-0.2, 0) is 9.59 Å². The monoisotopic (exact) mass is 392 g/mol. The molecule has 5 nitrogen and oxygen atoms in total. The van der Waals surface area contributed by atoms with E-state index in [4.69, 9.17) is 0 Å². The molecule has 0 spiro atoms. The summed E-state index contributed by atoms with van der Waals surface area (Å²) in [5, 5.41) is 32.0. The number of allylic oxidation sites excluding steroid dienone is 4. The summed E-state index contributed by atoms with van der Waals surface area (Å²) in [6, 6.07) is 0. The number of hydrogen-bond donors (Lipinski definition) is 3. The first kappa shape index (κ1) is 19.9. The number of fused-ring (bicyclic) bond motifs is 5. The van der Waals surface area contributed by atoms with Crippen molar-refractivity contribution in [3.8, 4) is 0 Å². The van der Waals surface area contributed by atoms with E-state index in [9.17, 15) is 24.9 Å². The maximum absolute atomic E-state index is 16.9. The first-order chi connectivity index (χ1) is 13.0. The van der Waals surface area contributed by atoms with Crippen LogP contribution in [0.4, 0.5) is 4.39 Å². The second kappa shape index (κ2) is 5.83. The predicted octanol–water partition coefficient (Wildman–Crippen LogP) is 1.90. The Balaban J connectivity index is 1.84. The second-order valence-electron chi connectivity index (χ2n) is 9.75. The van der Waals surface area contributed by atoms with E-state index in [1.54, 1.807) is 26.8 Å². The summed E-state index contributed by atoms with van der Waals surface area (Å²) < 4.78 is 16.9. The van der Waals surface area contributed by atoms with Crippen LogP contribution in [0.25, 0.3) is 0 Å². The first-order valence-electron chi connectivity index (χ1n) is 10.1. The van der Waals surface area contributed by atoms with Crippen molar-refractivity contribution >= 4 is 11.6 Å². The highest BCUT2D eigenvalue weighted by atomic mass is 19.1. The zero-order valence-electron chi connectivity index (χ0n) is 16.6. The molecule has 0 aromatic carbocycles. The lowest BCUT2D eigenvalue weighted by Crippen LogP contribution is -2.69. The molecule has 154 valence electrons. The molecule has 3 saturated carbocycles. The van der Waals surface area contributed by atoms with Gasteiger partial charge in [-0.1, -0.05) is 25.5 Å². The molecule has 4 aliphatic carbocycles. The zero-order chi connectivity index (χ0) is 20.7. The zero-order valence-corrected chi connectivity index (χ0v) is 16.6. The lowest BCUT2D eigenvalue weighted by molar-refractivity contribution is -0.219. The molecule has 0 aliphatic heterocycles. The van der Waals surface area contributed by atoms with Gasteiger partial charge in [-0.05, 0) is 56.6 Å². The first-order valence-corrected chi connectivity index (χ1v) is 10.1. The molecule has 0 unspecified atom stereocenters. The van der Waals surface area contributed by atoms with Crippen LogP contribution in [0.1, 0.15) is 46.5 Å². The van der Waals surface area contributed by atoms with Crippen LogP contribution in [0.5, 0.6) is 0 Å². The number of alkyl halides is 1. The Bertz CT molecular complexity index is 805. The Kier molecular flexibility index (Phi) is 4.15. The third kappa shape index (κ3) is 2.01. The van der Waals surface area contributed by atoms with Crippen LogP contribution in [0.3, 0.4) is 0 Å². The van der Waals surface area contributed by atoms with Crippen molar-refractivity contribution in [2.24, 2.45) is 28.6 Å². The minimum absolute atomic E-state index is 0.0676. The number of hydrogen-bond acceptors (Lipinski definition) is 5. The van der Waals surface area contributed by atoms with Crippen LogP contribution in [0.15, 0.2) is 23.8 Å². The van der Waals surface area contributed by atoms with Crippen LogP contribution in [0, 0.1) is 28.6 Å². The summed E-state index contributed by atoms with van der Waals surface area (Å²) in [4.78, 5) is 24.4. The summed E-state index contributed by atoms with van der Waals surface area (Å²) in [7, 11) is 0. The van der Waals surface area contributed by atoms with Gasteiger partial charge >= 0.3 is 0 Å². The van der Waals surface area contributed by atoms with Gasteiger partial charge < -0.3 is 15.3 Å². The Morgan fingerprint density at radius 2 is 2.00 bits per heavy atom. The smallest absolute Gasteiger partial charge is 0.190 e. The lowest BCUT2D eigenvalue weighted by Gasteiger charge is -2.62. The fourth-order valence-corrected chi connectivity index (χ4v) is 7.26. The van der Waals surface area contributed by atoms with E-state index in [2.05, 4.69) is 0 Å². The van der Waals surface area contributed by atoms with Gasteiger partial charge in [-0.15, -0.1) is 0 Å². The number of carbonyl (C=O) groups is 2. The molecule has 0 aromatic rings. The maximum Gasteiger partial charge on any atom is 0.190 e. The molecule has 4 aliphatic rings. The van der Waals surface area contributed by atoms with Gasteiger partial charge in [-0.2, -0.15) is 0 Å². The summed E-state index contributed by atoms with van der Waals surface area (Å²) >= 11 is 0. The number of aliphatic hydroxyl groups is 3. The quantitative estimate of drug-likeness (QED) is 0.667. The standard InChI is InChI=1S/C22H29FO5/c1-12-8-16-15-5-4-13-9-14(25)6-7-19(13,2)21(15,23)17(26)10-20(16,3)22(12,28)18(27)11-24/h6-7,9,12,15-17,24,26,28H,4-5,8,10-11H2,1-3H3/t12-,15-,16+,17-,19-,20-,21+,22+/m0/s1. The van der Waals surface area contributed by atoms with Crippen molar-refractivity contribution in [1.29, 1.82) is 0 Å². The van der Waals surface area contributed by atoms with Crippen molar-refractivity contribution in [2.75, 3.05) is 6.61 Å². The van der Waals surface area contributed by atoms with Gasteiger partial charge in [0.1, 0.15) is 12.2 Å². The normalized spacial score (nSPS) is 52.5. The summed E-state index contributed by atoms with van der Waals surface area (Å²) in [6.07, 6.45) is 4.44. The van der Waals surface area contributed by atoms with Gasteiger partial charge in [0.15, 0.2) is 17.2 Å². The Morgan fingerprint density at radius 3 is 2.64 bits per heavy atom. The van der Waals surface area contributed by atoms with Crippen LogP contribution >= 0.6 is 0 Å². The number of halogens is 1. The van der Waals surface area contributed by atoms with Crippen molar-refractivity contribution < 1.29 is 29.3 Å². The lowest BCUT2D eigenvalue weighted by atomic mass is 9.44. The number of ketones is 2. The summed E-state index contributed by atoms with van der Waals surface area (Å²) in [6.45, 7) is 4.48. The van der Waals surface area contributed by atoms with Gasteiger partial charge in [0, 0.05) is 16.7 Å². The van der Waals surface area contributed by atoms with Crippen molar-refractivity contribution in [3.05, 3.63) is 23.8 Å². The largest absolute Gasteiger partial charge is 0.390 e. The fourth-order valence-electron chi connectivity index (χ4n) is 7.26. The number of rotatable bonds is 2.